The van der Waals surface area contributed by atoms with Crippen LogP contribution >= 0.6 is 11.6 Å². The van der Waals surface area contributed by atoms with Crippen molar-refractivity contribution in [3.8, 4) is 0 Å². The van der Waals surface area contributed by atoms with E-state index >= 15 is 0 Å². The zero-order valence-electron chi connectivity index (χ0n) is 13.3. The molecule has 2 aromatic rings. The number of nitrogens with zero attached hydrogens (tertiary/aromatic N) is 1. The molecule has 24 heavy (non-hydrogen) atoms. The molecular weight excluding hydrogens is 328 g/mol. The van der Waals surface area contributed by atoms with Gasteiger partial charge in [-0.25, -0.2) is 0 Å². The molecule has 1 saturated heterocycles. The van der Waals surface area contributed by atoms with E-state index in [0.717, 1.165) is 11.1 Å². The van der Waals surface area contributed by atoms with Gasteiger partial charge in [-0.2, -0.15) is 0 Å². The second-order valence-corrected chi connectivity index (χ2v) is 6.68. The van der Waals surface area contributed by atoms with Crippen molar-refractivity contribution in [2.75, 3.05) is 19.7 Å². The molecule has 1 aromatic carbocycles. The van der Waals surface area contributed by atoms with Crippen LogP contribution in [0.5, 0.6) is 0 Å². The van der Waals surface area contributed by atoms with E-state index in [9.17, 15) is 14.7 Å². The standard InChI is InChI=1S/C18H19ClN2O3/c1-11-6-16(20-17(23)7-11)18(24)21-8-13(10-22)15(9-21)12-2-4-14(19)5-3-12/h2-7,13,15,22H,8-10H2,1H3,(H,20,23)/t13-,15-/m0/s1. The normalized spacial score (nSPS) is 20.4. The first kappa shape index (κ1) is 16.7. The minimum atomic E-state index is -0.287. The van der Waals surface area contributed by atoms with Crippen molar-refractivity contribution in [2.45, 2.75) is 12.8 Å². The molecular formula is C18H19ClN2O3. The smallest absolute Gasteiger partial charge is 0.270 e. The molecule has 0 unspecified atom stereocenters. The van der Waals surface area contributed by atoms with E-state index in [0.29, 0.717) is 18.1 Å². The second kappa shape index (κ2) is 6.79. The van der Waals surface area contributed by atoms with Gasteiger partial charge in [-0.1, -0.05) is 23.7 Å². The minimum absolute atomic E-state index is 0.00140. The highest BCUT2D eigenvalue weighted by atomic mass is 35.5. The summed E-state index contributed by atoms with van der Waals surface area (Å²) in [7, 11) is 0. The van der Waals surface area contributed by atoms with Crippen LogP contribution in [-0.4, -0.2) is 40.6 Å². The number of aromatic nitrogens is 1. The van der Waals surface area contributed by atoms with Gasteiger partial charge in [0.25, 0.3) is 5.91 Å². The number of benzene rings is 1. The fourth-order valence-electron chi connectivity index (χ4n) is 3.28. The fraction of sp³-hybridized carbons (Fsp3) is 0.333. The highest BCUT2D eigenvalue weighted by Crippen LogP contribution is 2.33. The molecule has 1 aromatic heterocycles. The Bertz CT molecular complexity index is 801. The Labute approximate surface area is 144 Å². The van der Waals surface area contributed by atoms with Gasteiger partial charge in [-0.15, -0.1) is 0 Å². The molecule has 2 N–H and O–H groups in total. The molecule has 6 heteroatoms. The average Bonchev–Trinajstić information content (AvgIpc) is 2.98. The molecule has 0 bridgehead atoms. The number of pyridine rings is 1. The van der Waals surface area contributed by atoms with E-state index in [2.05, 4.69) is 4.98 Å². The van der Waals surface area contributed by atoms with Gasteiger partial charge in [0.2, 0.25) is 5.56 Å². The van der Waals surface area contributed by atoms with Crippen LogP contribution in [0, 0.1) is 12.8 Å². The number of aliphatic hydroxyl groups is 1. The molecule has 3 rings (SSSR count). The van der Waals surface area contributed by atoms with Crippen molar-refractivity contribution in [3.05, 3.63) is 68.6 Å². The van der Waals surface area contributed by atoms with Crippen LogP contribution in [0.15, 0.2) is 41.2 Å². The maximum Gasteiger partial charge on any atom is 0.270 e. The molecule has 0 saturated carbocycles. The number of likely N-dealkylation sites (tertiary alicyclic amines) is 1. The number of carbonyl (C=O) groups is 1. The van der Waals surface area contributed by atoms with Gasteiger partial charge in [0.05, 0.1) is 0 Å². The van der Waals surface area contributed by atoms with Gasteiger partial charge in [0.15, 0.2) is 0 Å². The Hall–Kier alpha value is -2.11. The third kappa shape index (κ3) is 3.37. The van der Waals surface area contributed by atoms with E-state index in [1.54, 1.807) is 17.9 Å². The van der Waals surface area contributed by atoms with E-state index in [1.165, 1.54) is 6.07 Å². The number of rotatable bonds is 3. The Morgan fingerprint density at radius 1 is 1.29 bits per heavy atom. The summed E-state index contributed by atoms with van der Waals surface area (Å²) < 4.78 is 0. The first-order valence-corrected chi connectivity index (χ1v) is 8.22. The van der Waals surface area contributed by atoms with Crippen LogP contribution < -0.4 is 5.56 Å². The number of carbonyl (C=O) groups excluding carboxylic acids is 1. The van der Waals surface area contributed by atoms with Crippen molar-refractivity contribution in [2.24, 2.45) is 5.92 Å². The Morgan fingerprint density at radius 3 is 2.62 bits per heavy atom. The monoisotopic (exact) mass is 346 g/mol. The molecule has 2 heterocycles. The molecule has 1 aliphatic heterocycles. The molecule has 126 valence electrons. The maximum absolute atomic E-state index is 12.7. The lowest BCUT2D eigenvalue weighted by Crippen LogP contribution is -2.31. The van der Waals surface area contributed by atoms with Crippen LogP contribution in [0.25, 0.3) is 0 Å². The zero-order valence-corrected chi connectivity index (χ0v) is 14.1. The Kier molecular flexibility index (Phi) is 4.73. The van der Waals surface area contributed by atoms with E-state index < -0.39 is 0 Å². The number of hydrogen-bond acceptors (Lipinski definition) is 3. The SMILES string of the molecule is Cc1cc(C(=O)N2C[C@@H](CO)[C@H](c3ccc(Cl)cc3)C2)[nH]c(=O)c1. The van der Waals surface area contributed by atoms with Crippen LogP contribution in [0.2, 0.25) is 5.02 Å². The largest absolute Gasteiger partial charge is 0.396 e. The number of aliphatic hydroxyl groups excluding tert-OH is 1. The lowest BCUT2D eigenvalue weighted by Gasteiger charge is -2.17. The van der Waals surface area contributed by atoms with Crippen LogP contribution in [0.3, 0.4) is 0 Å². The summed E-state index contributed by atoms with van der Waals surface area (Å²) in [5.41, 5.74) is 1.79. The maximum atomic E-state index is 12.7. The van der Waals surface area contributed by atoms with Crippen molar-refractivity contribution in [1.29, 1.82) is 0 Å². The zero-order chi connectivity index (χ0) is 17.3. The second-order valence-electron chi connectivity index (χ2n) is 6.25. The van der Waals surface area contributed by atoms with Crippen molar-refractivity contribution >= 4 is 17.5 Å². The molecule has 1 amide bonds. The van der Waals surface area contributed by atoms with Crippen LogP contribution in [-0.2, 0) is 0 Å². The summed E-state index contributed by atoms with van der Waals surface area (Å²) in [6.07, 6.45) is 0. The minimum Gasteiger partial charge on any atom is -0.396 e. The first-order valence-electron chi connectivity index (χ1n) is 7.84. The summed E-state index contributed by atoms with van der Waals surface area (Å²) >= 11 is 5.93. The summed E-state index contributed by atoms with van der Waals surface area (Å²) in [5, 5.41) is 10.3. The lowest BCUT2D eigenvalue weighted by molar-refractivity contribution is 0.0775. The number of nitrogens with one attached hydrogen (secondary N) is 1. The first-order chi connectivity index (χ1) is 11.5. The third-order valence-electron chi connectivity index (χ3n) is 4.48. The number of aromatic amines is 1. The number of amides is 1. The van der Waals surface area contributed by atoms with Gasteiger partial charge in [-0.3, -0.25) is 9.59 Å². The van der Waals surface area contributed by atoms with Gasteiger partial charge in [0.1, 0.15) is 5.69 Å². The highest BCUT2D eigenvalue weighted by molar-refractivity contribution is 6.30. The molecule has 1 aliphatic rings. The summed E-state index contributed by atoms with van der Waals surface area (Å²) in [6.45, 7) is 2.74. The van der Waals surface area contributed by atoms with E-state index in [-0.39, 0.29) is 35.6 Å². The third-order valence-corrected chi connectivity index (χ3v) is 4.73. The fourth-order valence-corrected chi connectivity index (χ4v) is 3.40. The van der Waals surface area contributed by atoms with E-state index in [1.807, 2.05) is 24.3 Å². The quantitative estimate of drug-likeness (QED) is 0.894. The molecule has 1 fully saturated rings. The average molecular weight is 347 g/mol. The van der Waals surface area contributed by atoms with Crippen molar-refractivity contribution < 1.29 is 9.90 Å². The predicted octanol–water partition coefficient (Wildman–Crippen LogP) is 2.18. The number of hydrogen-bond donors (Lipinski definition) is 2. The van der Waals surface area contributed by atoms with Crippen LogP contribution in [0.1, 0.15) is 27.5 Å². The molecule has 5 nitrogen and oxygen atoms in total. The molecule has 0 radical (unpaired) electrons. The van der Waals surface area contributed by atoms with E-state index in [4.69, 9.17) is 11.6 Å². The molecule has 2 atom stereocenters. The van der Waals surface area contributed by atoms with Gasteiger partial charge in [0, 0.05) is 42.6 Å². The number of aryl methyl sites for hydroxylation is 1. The van der Waals surface area contributed by atoms with Crippen LogP contribution in [0.4, 0.5) is 0 Å². The Balaban J connectivity index is 1.84. The summed E-state index contributed by atoms with van der Waals surface area (Å²) in [6, 6.07) is 10.6. The predicted molar refractivity (Wildman–Crippen MR) is 92.5 cm³/mol. The molecule has 0 aliphatic carbocycles. The highest BCUT2D eigenvalue weighted by Gasteiger charge is 2.36. The summed E-state index contributed by atoms with van der Waals surface area (Å²) in [4.78, 5) is 28.6. The van der Waals surface area contributed by atoms with Gasteiger partial charge >= 0.3 is 0 Å². The summed E-state index contributed by atoms with van der Waals surface area (Å²) in [5.74, 6) is -0.204. The lowest BCUT2D eigenvalue weighted by atomic mass is 9.90. The van der Waals surface area contributed by atoms with Crippen molar-refractivity contribution in [1.82, 2.24) is 9.88 Å². The van der Waals surface area contributed by atoms with Gasteiger partial charge < -0.3 is 15.0 Å². The Morgan fingerprint density at radius 2 is 2.00 bits per heavy atom. The number of halogens is 1. The number of H-pyrrole nitrogens is 1. The van der Waals surface area contributed by atoms with Crippen molar-refractivity contribution in [3.63, 3.8) is 0 Å². The van der Waals surface area contributed by atoms with Gasteiger partial charge in [-0.05, 0) is 36.2 Å². The topological polar surface area (TPSA) is 73.4 Å². The molecule has 0 spiro atoms.